The molecule has 170 valence electrons. The molecule has 0 spiro atoms. The first-order valence-corrected chi connectivity index (χ1v) is 10.6. The third-order valence-electron chi connectivity index (χ3n) is 4.63. The van der Waals surface area contributed by atoms with Crippen LogP contribution in [0.4, 0.5) is 26.3 Å². The van der Waals surface area contributed by atoms with Gasteiger partial charge >= 0.3 is 12.5 Å². The van der Waals surface area contributed by atoms with Crippen molar-refractivity contribution in [2.75, 3.05) is 13.1 Å². The average Bonchev–Trinajstić information content (AvgIpc) is 3.08. The lowest BCUT2D eigenvalue weighted by atomic mass is 10.2. The second-order valence-corrected chi connectivity index (χ2v) is 8.77. The average molecular weight is 468 g/mol. The lowest BCUT2D eigenvalue weighted by Gasteiger charge is -2.17. The fraction of sp³-hybridized carbons (Fsp3) is 0.368. The second-order valence-electron chi connectivity index (χ2n) is 7.06. The third-order valence-corrected chi connectivity index (χ3v) is 6.15. The van der Waals surface area contributed by atoms with Crippen molar-refractivity contribution in [1.82, 2.24) is 9.62 Å². The Morgan fingerprint density at radius 1 is 1.03 bits per heavy atom. The van der Waals surface area contributed by atoms with E-state index in [2.05, 4.69) is 9.46 Å². The summed E-state index contributed by atoms with van der Waals surface area (Å²) in [5.41, 5.74) is -0.350. The van der Waals surface area contributed by atoms with Crippen LogP contribution in [0.3, 0.4) is 0 Å². The highest BCUT2D eigenvalue weighted by atomic mass is 32.2. The Bertz CT molecular complexity index is 1010. The molecule has 0 aromatic heterocycles. The van der Waals surface area contributed by atoms with Crippen molar-refractivity contribution in [2.45, 2.75) is 36.4 Å². The Morgan fingerprint density at radius 3 is 2.32 bits per heavy atom. The maximum absolute atomic E-state index is 12.8. The van der Waals surface area contributed by atoms with E-state index in [1.54, 1.807) is 0 Å². The molecule has 2 aromatic carbocycles. The van der Waals surface area contributed by atoms with E-state index < -0.39 is 39.1 Å². The van der Waals surface area contributed by atoms with Gasteiger partial charge < -0.3 is 4.74 Å². The molecule has 1 heterocycles. The molecule has 0 amide bonds. The van der Waals surface area contributed by atoms with E-state index in [-0.39, 0.29) is 5.75 Å². The van der Waals surface area contributed by atoms with Gasteiger partial charge in [-0.15, -0.1) is 13.2 Å². The fourth-order valence-corrected chi connectivity index (χ4v) is 4.56. The van der Waals surface area contributed by atoms with Crippen LogP contribution in [0.1, 0.15) is 17.5 Å². The van der Waals surface area contributed by atoms with Crippen molar-refractivity contribution in [3.05, 3.63) is 59.7 Å². The zero-order valence-electron chi connectivity index (χ0n) is 15.9. The summed E-state index contributed by atoms with van der Waals surface area (Å²) in [7, 11) is -4.15. The van der Waals surface area contributed by atoms with Crippen molar-refractivity contribution >= 4 is 10.0 Å². The van der Waals surface area contributed by atoms with Gasteiger partial charge in [0.2, 0.25) is 10.0 Å². The molecule has 31 heavy (non-hydrogen) atoms. The quantitative estimate of drug-likeness (QED) is 0.647. The van der Waals surface area contributed by atoms with Crippen LogP contribution in [0, 0.1) is 0 Å². The molecule has 1 aliphatic heterocycles. The van der Waals surface area contributed by atoms with E-state index >= 15 is 0 Å². The molecule has 0 radical (unpaired) electrons. The third kappa shape index (κ3) is 6.58. The molecule has 1 saturated heterocycles. The SMILES string of the molecule is O=S(=O)(N[C@@H]1CCN(Cc2ccc(OC(F)(F)F)cc2)C1)c1cccc(C(F)(F)F)c1. The highest BCUT2D eigenvalue weighted by Crippen LogP contribution is 2.30. The molecule has 0 saturated carbocycles. The van der Waals surface area contributed by atoms with Crippen molar-refractivity contribution in [1.29, 1.82) is 0 Å². The number of nitrogens with one attached hydrogen (secondary N) is 1. The van der Waals surface area contributed by atoms with Crippen LogP contribution in [0.2, 0.25) is 0 Å². The van der Waals surface area contributed by atoms with Crippen LogP contribution in [0.25, 0.3) is 0 Å². The van der Waals surface area contributed by atoms with E-state index in [1.165, 1.54) is 24.3 Å². The summed E-state index contributed by atoms with van der Waals surface area (Å²) in [5.74, 6) is -0.343. The fourth-order valence-electron chi connectivity index (χ4n) is 3.25. The standard InChI is InChI=1S/C19H18F6N2O3S/c20-18(21,22)14-2-1-3-17(10-14)31(28,29)26-15-8-9-27(12-15)11-13-4-6-16(7-5-13)30-19(23,24)25/h1-7,10,15,26H,8-9,11-12H2/t15-/m1/s1. The second kappa shape index (κ2) is 8.67. The normalized spacial score (nSPS) is 18.3. The van der Waals surface area contributed by atoms with E-state index in [9.17, 15) is 34.8 Å². The van der Waals surface area contributed by atoms with Gasteiger partial charge in [0.05, 0.1) is 10.5 Å². The molecule has 1 aliphatic rings. The highest BCUT2D eigenvalue weighted by Gasteiger charge is 2.33. The number of likely N-dealkylation sites (tertiary alicyclic amines) is 1. The summed E-state index contributed by atoms with van der Waals surface area (Å²) in [4.78, 5) is 1.42. The zero-order chi connectivity index (χ0) is 22.9. The number of ether oxygens (including phenoxy) is 1. The van der Waals surface area contributed by atoms with Crippen LogP contribution in [-0.4, -0.2) is 38.8 Å². The van der Waals surface area contributed by atoms with E-state index in [4.69, 9.17) is 0 Å². The number of rotatable bonds is 6. The summed E-state index contributed by atoms with van der Waals surface area (Å²) in [6.45, 7) is 1.18. The van der Waals surface area contributed by atoms with Gasteiger partial charge in [-0.05, 0) is 42.3 Å². The lowest BCUT2D eigenvalue weighted by molar-refractivity contribution is -0.274. The Labute approximate surface area is 174 Å². The summed E-state index contributed by atoms with van der Waals surface area (Å²) < 4.78 is 106. The molecule has 1 fully saturated rings. The van der Waals surface area contributed by atoms with Crippen LogP contribution >= 0.6 is 0 Å². The predicted molar refractivity (Wildman–Crippen MR) is 98.6 cm³/mol. The van der Waals surface area contributed by atoms with Gasteiger partial charge in [0, 0.05) is 25.7 Å². The molecule has 1 N–H and O–H groups in total. The van der Waals surface area contributed by atoms with E-state index in [0.29, 0.717) is 37.7 Å². The first kappa shape index (κ1) is 23.4. The molecule has 0 aliphatic carbocycles. The summed E-state index contributed by atoms with van der Waals surface area (Å²) in [6.07, 6.45) is -9.00. The molecule has 0 bridgehead atoms. The molecule has 3 rings (SSSR count). The zero-order valence-corrected chi connectivity index (χ0v) is 16.7. The first-order valence-electron chi connectivity index (χ1n) is 9.08. The monoisotopic (exact) mass is 468 g/mol. The Hall–Kier alpha value is -2.31. The molecule has 5 nitrogen and oxygen atoms in total. The van der Waals surface area contributed by atoms with Gasteiger partial charge in [0.1, 0.15) is 5.75 Å². The lowest BCUT2D eigenvalue weighted by Crippen LogP contribution is -2.37. The molecular formula is C19H18F6N2O3S. The maximum atomic E-state index is 12.8. The van der Waals surface area contributed by atoms with Crippen LogP contribution < -0.4 is 9.46 Å². The number of benzene rings is 2. The van der Waals surface area contributed by atoms with Crippen LogP contribution in [0.5, 0.6) is 5.75 Å². The largest absolute Gasteiger partial charge is 0.573 e. The summed E-state index contributed by atoms with van der Waals surface area (Å²) in [6, 6.07) is 8.31. The Kier molecular flexibility index (Phi) is 6.53. The number of sulfonamides is 1. The van der Waals surface area contributed by atoms with E-state index in [1.807, 2.05) is 4.90 Å². The van der Waals surface area contributed by atoms with Crippen molar-refractivity contribution in [3.8, 4) is 5.75 Å². The number of nitrogens with zero attached hydrogens (tertiary/aromatic N) is 1. The molecule has 1 atom stereocenters. The number of alkyl halides is 6. The van der Waals surface area contributed by atoms with Gasteiger partial charge in [0.25, 0.3) is 0 Å². The smallest absolute Gasteiger partial charge is 0.406 e. The van der Waals surface area contributed by atoms with Gasteiger partial charge in [-0.1, -0.05) is 18.2 Å². The van der Waals surface area contributed by atoms with Gasteiger partial charge in [-0.25, -0.2) is 13.1 Å². The Morgan fingerprint density at radius 2 is 1.71 bits per heavy atom. The molecule has 0 unspecified atom stereocenters. The minimum absolute atomic E-state index is 0.305. The van der Waals surface area contributed by atoms with Gasteiger partial charge in [0.15, 0.2) is 0 Å². The topological polar surface area (TPSA) is 58.6 Å². The number of hydrogen-bond acceptors (Lipinski definition) is 4. The molecular weight excluding hydrogens is 450 g/mol. The van der Waals surface area contributed by atoms with Crippen molar-refractivity contribution < 1.29 is 39.5 Å². The first-order chi connectivity index (χ1) is 14.3. The predicted octanol–water partition coefficient (Wildman–Crippen LogP) is 4.16. The van der Waals surface area contributed by atoms with Gasteiger partial charge in [-0.3, -0.25) is 4.90 Å². The summed E-state index contributed by atoms with van der Waals surface area (Å²) in [5, 5.41) is 0. The van der Waals surface area contributed by atoms with E-state index in [0.717, 1.165) is 18.2 Å². The highest BCUT2D eigenvalue weighted by molar-refractivity contribution is 7.89. The minimum atomic E-state index is -4.78. The number of hydrogen-bond donors (Lipinski definition) is 1. The van der Waals surface area contributed by atoms with Crippen LogP contribution in [0.15, 0.2) is 53.4 Å². The van der Waals surface area contributed by atoms with Crippen LogP contribution in [-0.2, 0) is 22.7 Å². The van der Waals surface area contributed by atoms with Gasteiger partial charge in [-0.2, -0.15) is 13.2 Å². The minimum Gasteiger partial charge on any atom is -0.406 e. The Balaban J connectivity index is 1.59. The van der Waals surface area contributed by atoms with Crippen molar-refractivity contribution in [2.24, 2.45) is 0 Å². The molecule has 2 aromatic rings. The number of halogens is 6. The molecule has 12 heteroatoms. The summed E-state index contributed by atoms with van der Waals surface area (Å²) >= 11 is 0. The van der Waals surface area contributed by atoms with Crippen molar-refractivity contribution in [3.63, 3.8) is 0 Å². The maximum Gasteiger partial charge on any atom is 0.573 e.